The average Bonchev–Trinajstić information content (AvgIpc) is 2.44. The molecule has 0 saturated heterocycles. The molecule has 0 spiro atoms. The Kier molecular flexibility index (Phi) is 3.41. The smallest absolute Gasteiger partial charge is 0.0152 e. The van der Waals surface area contributed by atoms with E-state index in [1.54, 1.807) is 0 Å². The van der Waals surface area contributed by atoms with Gasteiger partial charge in [-0.25, -0.2) is 0 Å². The highest BCUT2D eigenvalue weighted by molar-refractivity contribution is 9.11. The summed E-state index contributed by atoms with van der Waals surface area (Å²) in [6, 6.07) is 10.8. The van der Waals surface area contributed by atoms with Crippen molar-refractivity contribution in [1.29, 1.82) is 0 Å². The van der Waals surface area contributed by atoms with Crippen LogP contribution in [0, 0.1) is 0 Å². The first kappa shape index (κ1) is 9.97. The van der Waals surface area contributed by atoms with Gasteiger partial charge in [-0.05, 0) is 29.3 Å². The number of hydrogen-bond donors (Lipinski definition) is 0. The summed E-state index contributed by atoms with van der Waals surface area (Å²) in [7, 11) is 0. The van der Waals surface area contributed by atoms with Crippen LogP contribution < -0.4 is 0 Å². The highest BCUT2D eigenvalue weighted by Crippen LogP contribution is 2.35. The molecule has 74 valence electrons. The molecule has 1 atom stereocenters. The van der Waals surface area contributed by atoms with Crippen molar-refractivity contribution >= 4 is 15.9 Å². The van der Waals surface area contributed by atoms with Gasteiger partial charge in [-0.1, -0.05) is 58.8 Å². The van der Waals surface area contributed by atoms with Crippen molar-refractivity contribution in [3.8, 4) is 0 Å². The van der Waals surface area contributed by atoms with Crippen molar-refractivity contribution < 1.29 is 0 Å². The molecular weight excluding hydrogens is 236 g/mol. The minimum atomic E-state index is 0.596. The summed E-state index contributed by atoms with van der Waals surface area (Å²) in [5, 5.41) is 0. The van der Waals surface area contributed by atoms with E-state index in [-0.39, 0.29) is 0 Å². The molecule has 0 amide bonds. The maximum atomic E-state index is 3.70. The number of rotatable bonds is 1. The summed E-state index contributed by atoms with van der Waals surface area (Å²) in [5.41, 5.74) is 1.44. The molecule has 0 heterocycles. The molecule has 0 nitrogen and oxygen atoms in total. The van der Waals surface area contributed by atoms with E-state index in [2.05, 4.69) is 52.3 Å². The molecule has 0 bridgehead atoms. The van der Waals surface area contributed by atoms with Crippen LogP contribution in [0.15, 0.2) is 40.9 Å². The molecule has 14 heavy (non-hydrogen) atoms. The van der Waals surface area contributed by atoms with Gasteiger partial charge in [-0.3, -0.25) is 0 Å². The van der Waals surface area contributed by atoms with E-state index in [0.29, 0.717) is 5.92 Å². The summed E-state index contributed by atoms with van der Waals surface area (Å²) in [6.45, 7) is 0. The van der Waals surface area contributed by atoms with Crippen molar-refractivity contribution in [3.05, 3.63) is 46.5 Å². The molecule has 0 N–H and O–H groups in total. The SMILES string of the molecule is BrC1=CCCCCC1c1ccccc1. The molecule has 1 heteroatoms. The first-order chi connectivity index (χ1) is 6.88. The molecule has 0 saturated carbocycles. The van der Waals surface area contributed by atoms with Gasteiger partial charge in [-0.15, -0.1) is 0 Å². The largest absolute Gasteiger partial charge is 0.0737 e. The zero-order chi connectivity index (χ0) is 9.80. The Bertz CT molecular complexity index is 313. The Balaban J connectivity index is 2.24. The molecule has 1 aliphatic rings. The second-order valence-electron chi connectivity index (χ2n) is 3.84. The number of hydrogen-bond acceptors (Lipinski definition) is 0. The standard InChI is InChI=1S/C13H15Br/c14-13-10-6-2-5-9-12(13)11-7-3-1-4-8-11/h1,3-4,7-8,10,12H,2,5-6,9H2. The van der Waals surface area contributed by atoms with Crippen LogP contribution in [-0.4, -0.2) is 0 Å². The van der Waals surface area contributed by atoms with E-state index in [1.165, 1.54) is 35.7 Å². The predicted octanol–water partition coefficient (Wildman–Crippen LogP) is 4.62. The second kappa shape index (κ2) is 4.79. The molecule has 0 aromatic heterocycles. The van der Waals surface area contributed by atoms with Crippen molar-refractivity contribution in [2.45, 2.75) is 31.6 Å². The van der Waals surface area contributed by atoms with Crippen LogP contribution in [0.4, 0.5) is 0 Å². The Morgan fingerprint density at radius 2 is 1.86 bits per heavy atom. The maximum absolute atomic E-state index is 3.70. The second-order valence-corrected chi connectivity index (χ2v) is 4.75. The third-order valence-corrected chi connectivity index (χ3v) is 3.70. The van der Waals surface area contributed by atoms with Gasteiger partial charge < -0.3 is 0 Å². The Hall–Kier alpha value is -0.560. The Morgan fingerprint density at radius 1 is 1.07 bits per heavy atom. The lowest BCUT2D eigenvalue weighted by Crippen LogP contribution is -1.97. The van der Waals surface area contributed by atoms with E-state index in [4.69, 9.17) is 0 Å². The summed E-state index contributed by atoms with van der Waals surface area (Å²) >= 11 is 3.70. The fourth-order valence-electron chi connectivity index (χ4n) is 2.02. The fraction of sp³-hybridized carbons (Fsp3) is 0.385. The molecule has 1 aromatic rings. The van der Waals surface area contributed by atoms with Crippen LogP contribution >= 0.6 is 15.9 Å². The highest BCUT2D eigenvalue weighted by Gasteiger charge is 2.15. The van der Waals surface area contributed by atoms with Gasteiger partial charge in [-0.2, -0.15) is 0 Å². The van der Waals surface area contributed by atoms with Crippen molar-refractivity contribution in [2.75, 3.05) is 0 Å². The zero-order valence-electron chi connectivity index (χ0n) is 8.25. The van der Waals surface area contributed by atoms with Gasteiger partial charge in [0, 0.05) is 5.92 Å². The van der Waals surface area contributed by atoms with Gasteiger partial charge in [0.1, 0.15) is 0 Å². The van der Waals surface area contributed by atoms with Crippen LogP contribution in [0.3, 0.4) is 0 Å². The summed E-state index contributed by atoms with van der Waals surface area (Å²) in [6.07, 6.45) is 7.51. The fourth-order valence-corrected chi connectivity index (χ4v) is 2.75. The third-order valence-electron chi connectivity index (χ3n) is 2.82. The minimum absolute atomic E-state index is 0.596. The van der Waals surface area contributed by atoms with E-state index < -0.39 is 0 Å². The van der Waals surface area contributed by atoms with Gasteiger partial charge >= 0.3 is 0 Å². The average molecular weight is 251 g/mol. The van der Waals surface area contributed by atoms with Crippen LogP contribution in [0.5, 0.6) is 0 Å². The Labute approximate surface area is 94.2 Å². The zero-order valence-corrected chi connectivity index (χ0v) is 9.83. The minimum Gasteiger partial charge on any atom is -0.0737 e. The van der Waals surface area contributed by atoms with Crippen molar-refractivity contribution in [2.24, 2.45) is 0 Å². The maximum Gasteiger partial charge on any atom is 0.0152 e. The molecule has 2 rings (SSSR count). The predicted molar refractivity (Wildman–Crippen MR) is 64.7 cm³/mol. The molecule has 1 unspecified atom stereocenters. The lowest BCUT2D eigenvalue weighted by molar-refractivity contribution is 0.662. The molecule has 0 radical (unpaired) electrons. The van der Waals surface area contributed by atoms with Crippen LogP contribution in [0.25, 0.3) is 0 Å². The topological polar surface area (TPSA) is 0 Å². The first-order valence-corrected chi connectivity index (χ1v) is 6.08. The van der Waals surface area contributed by atoms with Gasteiger partial charge in [0.05, 0.1) is 0 Å². The van der Waals surface area contributed by atoms with E-state index in [0.717, 1.165) is 0 Å². The van der Waals surface area contributed by atoms with E-state index >= 15 is 0 Å². The number of benzene rings is 1. The normalized spacial score (nSPS) is 22.6. The third kappa shape index (κ3) is 2.27. The van der Waals surface area contributed by atoms with Gasteiger partial charge in [0.2, 0.25) is 0 Å². The monoisotopic (exact) mass is 250 g/mol. The van der Waals surface area contributed by atoms with Gasteiger partial charge in [0.15, 0.2) is 0 Å². The summed E-state index contributed by atoms with van der Waals surface area (Å²) < 4.78 is 1.38. The van der Waals surface area contributed by atoms with Crippen LogP contribution in [0.1, 0.15) is 37.2 Å². The lowest BCUT2D eigenvalue weighted by atomic mass is 9.95. The van der Waals surface area contributed by atoms with Gasteiger partial charge in [0.25, 0.3) is 0 Å². The summed E-state index contributed by atoms with van der Waals surface area (Å²) in [4.78, 5) is 0. The van der Waals surface area contributed by atoms with E-state index in [9.17, 15) is 0 Å². The Morgan fingerprint density at radius 3 is 2.64 bits per heavy atom. The summed E-state index contributed by atoms with van der Waals surface area (Å²) in [5.74, 6) is 0.596. The van der Waals surface area contributed by atoms with E-state index in [1.807, 2.05) is 0 Å². The quantitative estimate of drug-likeness (QED) is 0.683. The van der Waals surface area contributed by atoms with Crippen LogP contribution in [-0.2, 0) is 0 Å². The van der Waals surface area contributed by atoms with Crippen molar-refractivity contribution in [3.63, 3.8) is 0 Å². The molecular formula is C13H15Br. The highest BCUT2D eigenvalue weighted by atomic mass is 79.9. The molecule has 1 aromatic carbocycles. The first-order valence-electron chi connectivity index (χ1n) is 5.28. The molecule has 0 aliphatic heterocycles. The van der Waals surface area contributed by atoms with Crippen LogP contribution in [0.2, 0.25) is 0 Å². The lowest BCUT2D eigenvalue weighted by Gasteiger charge is -2.14. The van der Waals surface area contributed by atoms with Crippen molar-refractivity contribution in [1.82, 2.24) is 0 Å². The number of halogens is 1. The number of allylic oxidation sites excluding steroid dienone is 2. The molecule has 1 aliphatic carbocycles. The molecule has 0 fully saturated rings.